The van der Waals surface area contributed by atoms with E-state index in [2.05, 4.69) is 18.3 Å². The van der Waals surface area contributed by atoms with Crippen LogP contribution in [0.5, 0.6) is 5.75 Å². The van der Waals surface area contributed by atoms with Gasteiger partial charge >= 0.3 is 5.97 Å². The predicted octanol–water partition coefficient (Wildman–Crippen LogP) is 2.43. The van der Waals surface area contributed by atoms with Crippen molar-refractivity contribution in [1.82, 2.24) is 5.32 Å². The predicted molar refractivity (Wildman–Crippen MR) is 75.7 cm³/mol. The van der Waals surface area contributed by atoms with Crippen molar-refractivity contribution >= 4 is 5.97 Å². The number of aryl methyl sites for hydroxylation is 2. The molecule has 19 heavy (non-hydrogen) atoms. The summed E-state index contributed by atoms with van der Waals surface area (Å²) in [5.41, 5.74) is 4.60. The molecule has 1 aromatic rings. The largest absolute Gasteiger partial charge is 0.496 e. The SMILES string of the molecule is COc1c(C)c(C)cc(C)c1CNCC(C)C(=O)O. The van der Waals surface area contributed by atoms with Crippen LogP contribution >= 0.6 is 0 Å². The zero-order valence-electron chi connectivity index (χ0n) is 12.3. The molecule has 0 aliphatic heterocycles. The van der Waals surface area contributed by atoms with Crippen molar-refractivity contribution in [1.29, 1.82) is 0 Å². The zero-order chi connectivity index (χ0) is 14.6. The highest BCUT2D eigenvalue weighted by atomic mass is 16.5. The fourth-order valence-corrected chi connectivity index (χ4v) is 2.10. The van der Waals surface area contributed by atoms with Gasteiger partial charge in [0.05, 0.1) is 13.0 Å². The number of carboxylic acid groups (broad SMARTS) is 1. The number of rotatable bonds is 6. The minimum Gasteiger partial charge on any atom is -0.496 e. The fourth-order valence-electron chi connectivity index (χ4n) is 2.10. The summed E-state index contributed by atoms with van der Waals surface area (Å²) in [7, 11) is 1.67. The molecule has 0 radical (unpaired) electrons. The van der Waals surface area contributed by atoms with E-state index in [1.807, 2.05) is 13.8 Å². The van der Waals surface area contributed by atoms with Crippen LogP contribution in [0.2, 0.25) is 0 Å². The zero-order valence-corrected chi connectivity index (χ0v) is 12.3. The Morgan fingerprint density at radius 2 is 2.00 bits per heavy atom. The van der Waals surface area contributed by atoms with E-state index >= 15 is 0 Å². The second kappa shape index (κ2) is 6.57. The lowest BCUT2D eigenvalue weighted by atomic mass is 9.99. The molecular weight excluding hydrogens is 242 g/mol. The number of hydrogen-bond donors (Lipinski definition) is 2. The summed E-state index contributed by atoms with van der Waals surface area (Å²) in [5.74, 6) is -0.276. The van der Waals surface area contributed by atoms with Crippen molar-refractivity contribution in [3.05, 3.63) is 28.3 Å². The quantitative estimate of drug-likeness (QED) is 0.829. The highest BCUT2D eigenvalue weighted by Crippen LogP contribution is 2.29. The Balaban J connectivity index is 2.84. The lowest BCUT2D eigenvalue weighted by Gasteiger charge is -2.17. The second-order valence-corrected chi connectivity index (χ2v) is 5.02. The minimum atomic E-state index is -0.781. The maximum Gasteiger partial charge on any atom is 0.307 e. The molecule has 106 valence electrons. The molecule has 1 atom stereocenters. The van der Waals surface area contributed by atoms with Gasteiger partial charge in [-0.1, -0.05) is 13.0 Å². The van der Waals surface area contributed by atoms with Crippen LogP contribution in [0.25, 0.3) is 0 Å². The first-order chi connectivity index (χ1) is 8.88. The minimum absolute atomic E-state index is 0.391. The van der Waals surface area contributed by atoms with Crippen LogP contribution in [0.3, 0.4) is 0 Å². The van der Waals surface area contributed by atoms with Crippen LogP contribution in [0, 0.1) is 26.7 Å². The molecule has 0 aliphatic rings. The van der Waals surface area contributed by atoms with Gasteiger partial charge in [0.2, 0.25) is 0 Å². The van der Waals surface area contributed by atoms with Crippen LogP contribution < -0.4 is 10.1 Å². The molecule has 0 saturated heterocycles. The third-order valence-electron chi connectivity index (χ3n) is 3.49. The molecule has 0 aromatic heterocycles. The first-order valence-electron chi connectivity index (χ1n) is 6.45. The van der Waals surface area contributed by atoms with Crippen molar-refractivity contribution in [3.8, 4) is 5.75 Å². The standard InChI is InChI=1S/C15H23NO3/c1-9-6-10(2)13(14(19-5)12(9)4)8-16-7-11(3)15(17)18/h6,11,16H,7-8H2,1-5H3,(H,17,18). The average molecular weight is 265 g/mol. The number of carboxylic acids is 1. The van der Waals surface area contributed by atoms with E-state index < -0.39 is 11.9 Å². The average Bonchev–Trinajstić information content (AvgIpc) is 2.35. The van der Waals surface area contributed by atoms with E-state index in [-0.39, 0.29) is 0 Å². The molecule has 0 bridgehead atoms. The third-order valence-corrected chi connectivity index (χ3v) is 3.49. The Labute approximate surface area is 114 Å². The van der Waals surface area contributed by atoms with Crippen LogP contribution in [-0.4, -0.2) is 24.7 Å². The molecule has 0 aliphatic carbocycles. The highest BCUT2D eigenvalue weighted by Gasteiger charge is 2.14. The van der Waals surface area contributed by atoms with E-state index in [4.69, 9.17) is 9.84 Å². The molecule has 0 spiro atoms. The van der Waals surface area contributed by atoms with Gasteiger partial charge < -0.3 is 15.2 Å². The summed E-state index contributed by atoms with van der Waals surface area (Å²) in [6.07, 6.45) is 0. The van der Waals surface area contributed by atoms with E-state index in [9.17, 15) is 4.79 Å². The Kier molecular flexibility index (Phi) is 5.36. The van der Waals surface area contributed by atoms with E-state index in [0.29, 0.717) is 13.1 Å². The third kappa shape index (κ3) is 3.70. The Morgan fingerprint density at radius 1 is 1.37 bits per heavy atom. The van der Waals surface area contributed by atoms with Crippen molar-refractivity contribution in [2.75, 3.05) is 13.7 Å². The normalized spacial score (nSPS) is 12.3. The summed E-state index contributed by atoms with van der Waals surface area (Å²) in [6, 6.07) is 2.13. The number of ether oxygens (including phenoxy) is 1. The Morgan fingerprint density at radius 3 is 2.53 bits per heavy atom. The maximum absolute atomic E-state index is 10.8. The lowest BCUT2D eigenvalue weighted by molar-refractivity contribution is -0.140. The maximum atomic E-state index is 10.8. The molecule has 4 nitrogen and oxygen atoms in total. The second-order valence-electron chi connectivity index (χ2n) is 5.02. The van der Waals surface area contributed by atoms with Crippen molar-refractivity contribution < 1.29 is 14.6 Å². The van der Waals surface area contributed by atoms with Crippen LogP contribution in [-0.2, 0) is 11.3 Å². The first-order valence-corrected chi connectivity index (χ1v) is 6.45. The van der Waals surface area contributed by atoms with Crippen molar-refractivity contribution in [3.63, 3.8) is 0 Å². The van der Waals surface area contributed by atoms with Gasteiger partial charge in [0.1, 0.15) is 5.75 Å². The van der Waals surface area contributed by atoms with Gasteiger partial charge in [0, 0.05) is 18.7 Å². The molecule has 0 fully saturated rings. The number of methoxy groups -OCH3 is 1. The molecule has 0 amide bonds. The van der Waals surface area contributed by atoms with Gasteiger partial charge in [-0.3, -0.25) is 4.79 Å². The number of carbonyl (C=O) groups is 1. The van der Waals surface area contributed by atoms with Gasteiger partial charge in [0.15, 0.2) is 0 Å². The molecule has 1 rings (SSSR count). The van der Waals surface area contributed by atoms with Crippen molar-refractivity contribution in [2.24, 2.45) is 5.92 Å². The molecular formula is C15H23NO3. The van der Waals surface area contributed by atoms with E-state index in [1.165, 1.54) is 5.56 Å². The molecule has 0 saturated carbocycles. The lowest BCUT2D eigenvalue weighted by Crippen LogP contribution is -2.26. The molecule has 1 unspecified atom stereocenters. The van der Waals surface area contributed by atoms with Gasteiger partial charge in [0.25, 0.3) is 0 Å². The Hall–Kier alpha value is -1.55. The molecule has 2 N–H and O–H groups in total. The van der Waals surface area contributed by atoms with Gasteiger partial charge in [-0.25, -0.2) is 0 Å². The summed E-state index contributed by atoms with van der Waals surface area (Å²) in [5, 5.41) is 12.0. The summed E-state index contributed by atoms with van der Waals surface area (Å²) in [4.78, 5) is 10.8. The molecule has 0 heterocycles. The monoisotopic (exact) mass is 265 g/mol. The summed E-state index contributed by atoms with van der Waals surface area (Å²) in [6.45, 7) is 8.91. The van der Waals surface area contributed by atoms with Crippen LogP contribution in [0.15, 0.2) is 6.07 Å². The molecule has 4 heteroatoms. The molecule has 1 aromatic carbocycles. The van der Waals surface area contributed by atoms with Crippen LogP contribution in [0.1, 0.15) is 29.2 Å². The van der Waals surface area contributed by atoms with E-state index in [1.54, 1.807) is 14.0 Å². The summed E-state index contributed by atoms with van der Waals surface area (Å²) < 4.78 is 5.49. The Bertz CT molecular complexity index is 469. The van der Waals surface area contributed by atoms with E-state index in [0.717, 1.165) is 22.4 Å². The number of aliphatic carboxylic acids is 1. The fraction of sp³-hybridized carbons (Fsp3) is 0.533. The number of nitrogens with one attached hydrogen (secondary N) is 1. The van der Waals surface area contributed by atoms with Crippen LogP contribution in [0.4, 0.5) is 0 Å². The van der Waals surface area contributed by atoms with Gasteiger partial charge in [-0.2, -0.15) is 0 Å². The van der Waals surface area contributed by atoms with Crippen molar-refractivity contribution in [2.45, 2.75) is 34.2 Å². The number of hydrogen-bond acceptors (Lipinski definition) is 3. The van der Waals surface area contributed by atoms with Gasteiger partial charge in [-0.15, -0.1) is 0 Å². The van der Waals surface area contributed by atoms with Gasteiger partial charge in [-0.05, 0) is 37.5 Å². The first kappa shape index (κ1) is 15.5. The number of benzene rings is 1. The summed E-state index contributed by atoms with van der Waals surface area (Å²) >= 11 is 0. The smallest absolute Gasteiger partial charge is 0.307 e. The highest BCUT2D eigenvalue weighted by molar-refractivity contribution is 5.69. The topological polar surface area (TPSA) is 58.6 Å².